The van der Waals surface area contributed by atoms with Crippen molar-refractivity contribution < 1.29 is 29.6 Å². The molecule has 0 aliphatic rings. The normalized spacial score (nSPS) is 13.3. The van der Waals surface area contributed by atoms with Crippen LogP contribution in [0, 0.1) is 0 Å². The molecule has 0 fully saturated rings. The molecule has 42 heavy (non-hydrogen) atoms. The van der Waals surface area contributed by atoms with Crippen molar-refractivity contribution in [1.82, 2.24) is 0 Å². The van der Waals surface area contributed by atoms with Crippen LogP contribution in [0.2, 0.25) is 0 Å². The Hall–Kier alpha value is -1.66. The first kappa shape index (κ1) is 40.3. The van der Waals surface area contributed by atoms with Gasteiger partial charge in [0, 0.05) is 12.8 Å². The molecule has 2 unspecified atom stereocenters. The maximum absolute atomic E-state index is 10.7. The summed E-state index contributed by atoms with van der Waals surface area (Å²) in [7, 11) is 0. The van der Waals surface area contributed by atoms with Gasteiger partial charge in [0.25, 0.3) is 0 Å². The number of carboxylic acids is 2. The zero-order valence-corrected chi connectivity index (χ0v) is 27.4. The summed E-state index contributed by atoms with van der Waals surface area (Å²) in [6, 6.07) is 0. The minimum atomic E-state index is -0.698. The van der Waals surface area contributed by atoms with Gasteiger partial charge in [0.2, 0.25) is 0 Å². The molecule has 0 aromatic rings. The Kier molecular flexibility index (Phi) is 31.0. The molecule has 0 spiro atoms. The molecule has 2 N–H and O–H groups in total. The minimum absolute atomic E-state index is 0.0599. The summed E-state index contributed by atoms with van der Waals surface area (Å²) < 4.78 is 0. The fraction of sp³-hybridized carbons (Fsp3) is 0.833. The average molecular weight is 595 g/mol. The Bertz CT molecular complexity index is 603. The highest BCUT2D eigenvalue weighted by molar-refractivity contribution is 5.66. The van der Waals surface area contributed by atoms with Gasteiger partial charge < -0.3 is 10.2 Å². The lowest BCUT2D eigenvalue weighted by atomic mass is 10.0. The van der Waals surface area contributed by atoms with Gasteiger partial charge in [-0.2, -0.15) is 0 Å². The summed E-state index contributed by atoms with van der Waals surface area (Å²) in [5, 5.41) is 17.6. The molecular formula is C36H66O6. The highest BCUT2D eigenvalue weighted by atomic mass is 17.2. The predicted molar refractivity (Wildman–Crippen MR) is 175 cm³/mol. The molecule has 0 saturated carbocycles. The number of unbranched alkanes of at least 4 members (excludes halogenated alkanes) is 16. The number of carbonyl (C=O) groups is 2. The standard InChI is InChI=1S/C36H66O6/c1-3-5-7-9-15-21-27-33(29-23-17-11-13-19-25-31-35(37)38)41-42-34(28-22-16-10-8-6-4-2)30-24-18-12-14-20-26-32-36(39)40/h15-16,21-22,33-34H,3-14,17-20,23-32H2,1-2H3,(H,37,38)(H,39,40). The maximum atomic E-state index is 10.7. The molecule has 0 heterocycles. The third-order valence-corrected chi connectivity index (χ3v) is 7.74. The van der Waals surface area contributed by atoms with Crippen LogP contribution in [0.5, 0.6) is 0 Å². The molecule has 0 aromatic heterocycles. The van der Waals surface area contributed by atoms with Crippen LogP contribution in [0.25, 0.3) is 0 Å². The van der Waals surface area contributed by atoms with E-state index in [1.807, 2.05) is 0 Å². The first-order valence-electron chi connectivity index (χ1n) is 17.5. The molecule has 6 nitrogen and oxygen atoms in total. The van der Waals surface area contributed by atoms with Gasteiger partial charge in [-0.05, 0) is 64.2 Å². The fourth-order valence-corrected chi connectivity index (χ4v) is 5.03. The van der Waals surface area contributed by atoms with Crippen molar-refractivity contribution >= 4 is 11.9 Å². The maximum Gasteiger partial charge on any atom is 0.303 e. The third kappa shape index (κ3) is 31.3. The van der Waals surface area contributed by atoms with Gasteiger partial charge in [0.05, 0.1) is 12.2 Å². The Morgan fingerprint density at radius 2 is 0.857 bits per heavy atom. The quantitative estimate of drug-likeness (QED) is 0.0340. The zero-order chi connectivity index (χ0) is 30.9. The van der Waals surface area contributed by atoms with Crippen molar-refractivity contribution in [2.75, 3.05) is 0 Å². The van der Waals surface area contributed by atoms with Gasteiger partial charge in [-0.15, -0.1) is 0 Å². The summed E-state index contributed by atoms with van der Waals surface area (Å²) in [5.74, 6) is -1.40. The zero-order valence-electron chi connectivity index (χ0n) is 27.4. The minimum Gasteiger partial charge on any atom is -0.481 e. The van der Waals surface area contributed by atoms with Crippen molar-refractivity contribution in [3.05, 3.63) is 24.3 Å². The molecule has 0 saturated heterocycles. The van der Waals surface area contributed by atoms with E-state index in [9.17, 15) is 9.59 Å². The van der Waals surface area contributed by atoms with Crippen LogP contribution in [0.1, 0.15) is 181 Å². The highest BCUT2D eigenvalue weighted by Crippen LogP contribution is 2.19. The fourth-order valence-electron chi connectivity index (χ4n) is 5.03. The van der Waals surface area contributed by atoms with E-state index in [-0.39, 0.29) is 25.0 Å². The Morgan fingerprint density at radius 1 is 0.500 bits per heavy atom. The third-order valence-electron chi connectivity index (χ3n) is 7.74. The predicted octanol–water partition coefficient (Wildman–Crippen LogP) is 11.1. The number of hydrogen-bond donors (Lipinski definition) is 2. The first-order chi connectivity index (χ1) is 20.5. The lowest BCUT2D eigenvalue weighted by Crippen LogP contribution is -2.19. The van der Waals surface area contributed by atoms with E-state index in [1.54, 1.807) is 0 Å². The molecule has 0 aliphatic heterocycles. The lowest BCUT2D eigenvalue weighted by molar-refractivity contribution is -0.351. The van der Waals surface area contributed by atoms with Gasteiger partial charge >= 0.3 is 11.9 Å². The average Bonchev–Trinajstić information content (AvgIpc) is 2.96. The smallest absolute Gasteiger partial charge is 0.303 e. The number of aliphatic carboxylic acids is 2. The van der Waals surface area contributed by atoms with E-state index < -0.39 is 11.9 Å². The van der Waals surface area contributed by atoms with E-state index in [0.717, 1.165) is 116 Å². The summed E-state index contributed by atoms with van der Waals surface area (Å²) in [5.41, 5.74) is 0. The topological polar surface area (TPSA) is 93.1 Å². The van der Waals surface area contributed by atoms with Crippen LogP contribution in [0.4, 0.5) is 0 Å². The van der Waals surface area contributed by atoms with Crippen LogP contribution in [-0.2, 0) is 19.4 Å². The first-order valence-corrected chi connectivity index (χ1v) is 17.5. The van der Waals surface area contributed by atoms with E-state index in [0.29, 0.717) is 0 Å². The van der Waals surface area contributed by atoms with Gasteiger partial charge in [0.1, 0.15) is 0 Å². The molecule has 0 amide bonds. The number of allylic oxidation sites excluding steroid dienone is 2. The van der Waals surface area contributed by atoms with Crippen molar-refractivity contribution in [2.45, 2.75) is 193 Å². The van der Waals surface area contributed by atoms with Crippen LogP contribution < -0.4 is 0 Å². The molecule has 2 atom stereocenters. The van der Waals surface area contributed by atoms with Gasteiger partial charge in [-0.25, -0.2) is 9.78 Å². The van der Waals surface area contributed by atoms with Crippen molar-refractivity contribution in [3.8, 4) is 0 Å². The van der Waals surface area contributed by atoms with Gasteiger partial charge in [0.15, 0.2) is 0 Å². The monoisotopic (exact) mass is 594 g/mol. The number of hydrogen-bond acceptors (Lipinski definition) is 4. The Morgan fingerprint density at radius 3 is 1.21 bits per heavy atom. The van der Waals surface area contributed by atoms with Crippen LogP contribution in [-0.4, -0.2) is 34.4 Å². The number of carboxylic acid groups (broad SMARTS) is 2. The second-order valence-electron chi connectivity index (χ2n) is 11.9. The summed E-state index contributed by atoms with van der Waals surface area (Å²) >= 11 is 0. The van der Waals surface area contributed by atoms with Crippen LogP contribution >= 0.6 is 0 Å². The molecule has 0 radical (unpaired) electrons. The van der Waals surface area contributed by atoms with E-state index in [2.05, 4.69) is 38.2 Å². The molecule has 0 aromatic carbocycles. The molecular weight excluding hydrogens is 528 g/mol. The molecule has 6 heteroatoms. The molecule has 246 valence electrons. The van der Waals surface area contributed by atoms with Crippen molar-refractivity contribution in [3.63, 3.8) is 0 Å². The second-order valence-corrected chi connectivity index (χ2v) is 11.9. The Labute approximate surface area is 258 Å². The van der Waals surface area contributed by atoms with E-state index in [4.69, 9.17) is 20.0 Å². The lowest BCUT2D eigenvalue weighted by Gasteiger charge is -2.20. The van der Waals surface area contributed by atoms with Gasteiger partial charge in [-0.3, -0.25) is 9.59 Å². The molecule has 0 bridgehead atoms. The largest absolute Gasteiger partial charge is 0.481 e. The highest BCUT2D eigenvalue weighted by Gasteiger charge is 2.14. The molecule has 0 rings (SSSR count). The SMILES string of the molecule is CCCCCC=CCC(CCCCCCCCC(=O)O)OOC(CC=CCCCCC)CCCCCCCCC(=O)O. The van der Waals surface area contributed by atoms with Crippen LogP contribution in [0.3, 0.4) is 0 Å². The van der Waals surface area contributed by atoms with Crippen LogP contribution in [0.15, 0.2) is 24.3 Å². The second kappa shape index (κ2) is 32.3. The summed E-state index contributed by atoms with van der Waals surface area (Å²) in [6.07, 6.45) is 35.7. The van der Waals surface area contributed by atoms with Crippen molar-refractivity contribution in [1.29, 1.82) is 0 Å². The van der Waals surface area contributed by atoms with Crippen molar-refractivity contribution in [2.24, 2.45) is 0 Å². The summed E-state index contributed by atoms with van der Waals surface area (Å²) in [4.78, 5) is 33.6. The molecule has 0 aliphatic carbocycles. The van der Waals surface area contributed by atoms with Gasteiger partial charge in [-0.1, -0.05) is 128 Å². The summed E-state index contributed by atoms with van der Waals surface area (Å²) in [6.45, 7) is 4.47. The number of rotatable bonds is 33. The Balaban J connectivity index is 4.71. The van der Waals surface area contributed by atoms with E-state index in [1.165, 1.54) is 38.5 Å². The van der Waals surface area contributed by atoms with E-state index >= 15 is 0 Å².